The summed E-state index contributed by atoms with van der Waals surface area (Å²) in [4.78, 5) is 12.2. The number of allylic oxidation sites excluding steroid dienone is 1. The Bertz CT molecular complexity index is 642. The average Bonchev–Trinajstić information content (AvgIpc) is 2.56. The molecule has 92 valence electrons. The van der Waals surface area contributed by atoms with E-state index in [1.165, 1.54) is 0 Å². The molecule has 0 unspecified atom stereocenters. The van der Waals surface area contributed by atoms with Gasteiger partial charge in [-0.15, -0.1) is 0 Å². The summed E-state index contributed by atoms with van der Waals surface area (Å²) in [5.74, 6) is 0. The summed E-state index contributed by atoms with van der Waals surface area (Å²) >= 11 is 0. The molecule has 0 aliphatic heterocycles. The van der Waals surface area contributed by atoms with Crippen LogP contribution in [-0.4, -0.2) is 9.13 Å². The molecule has 0 bridgehead atoms. The van der Waals surface area contributed by atoms with Gasteiger partial charge in [-0.3, -0.25) is 9.13 Å². The number of imidazole rings is 1. The second-order valence-electron chi connectivity index (χ2n) is 4.24. The summed E-state index contributed by atoms with van der Waals surface area (Å²) in [5, 5.41) is 0. The maximum Gasteiger partial charge on any atom is 0.333 e. The first-order chi connectivity index (χ1) is 8.56. The Morgan fingerprint density at radius 1 is 1.22 bits per heavy atom. The van der Waals surface area contributed by atoms with Gasteiger partial charge in [0, 0.05) is 12.7 Å². The van der Waals surface area contributed by atoms with E-state index in [9.17, 15) is 4.79 Å². The van der Waals surface area contributed by atoms with Crippen LogP contribution in [0, 0.1) is 13.8 Å². The van der Waals surface area contributed by atoms with Gasteiger partial charge in [-0.2, -0.15) is 0 Å². The van der Waals surface area contributed by atoms with E-state index in [4.69, 9.17) is 6.92 Å². The Kier molecular flexibility index (Phi) is 3.24. The summed E-state index contributed by atoms with van der Waals surface area (Å²) in [5.41, 5.74) is 3.31. The van der Waals surface area contributed by atoms with E-state index in [1.54, 1.807) is 28.3 Å². The van der Waals surface area contributed by atoms with Crippen molar-refractivity contribution >= 4 is 6.08 Å². The van der Waals surface area contributed by atoms with Gasteiger partial charge in [0.2, 0.25) is 0 Å². The summed E-state index contributed by atoms with van der Waals surface area (Å²) in [6.45, 7) is 9.53. The first-order valence-corrected chi connectivity index (χ1v) is 5.83. The van der Waals surface area contributed by atoms with Gasteiger partial charge in [0.15, 0.2) is 0 Å². The van der Waals surface area contributed by atoms with Crippen LogP contribution in [0.15, 0.2) is 35.1 Å². The maximum atomic E-state index is 12.2. The van der Waals surface area contributed by atoms with Crippen LogP contribution in [0.5, 0.6) is 0 Å². The van der Waals surface area contributed by atoms with Crippen LogP contribution >= 0.6 is 0 Å². The highest BCUT2D eigenvalue weighted by Crippen LogP contribution is 2.14. The fourth-order valence-corrected chi connectivity index (χ4v) is 2.07. The van der Waals surface area contributed by atoms with Crippen LogP contribution in [0.2, 0.25) is 0 Å². The van der Waals surface area contributed by atoms with Crippen LogP contribution < -0.4 is 5.69 Å². The van der Waals surface area contributed by atoms with Crippen LogP contribution in [0.3, 0.4) is 0 Å². The van der Waals surface area contributed by atoms with Crippen LogP contribution in [0.1, 0.15) is 23.9 Å². The lowest BCUT2D eigenvalue weighted by atomic mass is 10.2. The van der Waals surface area contributed by atoms with Gasteiger partial charge in [-0.1, -0.05) is 18.2 Å². The first kappa shape index (κ1) is 12.4. The Morgan fingerprint density at radius 2 is 1.83 bits per heavy atom. The minimum Gasteiger partial charge on any atom is -0.295 e. The number of hydrogen-bond acceptors (Lipinski definition) is 1. The monoisotopic (exact) mass is 240 g/mol. The van der Waals surface area contributed by atoms with Crippen molar-refractivity contribution < 1.29 is 0 Å². The van der Waals surface area contributed by atoms with Gasteiger partial charge in [0.05, 0.1) is 11.4 Å². The lowest BCUT2D eigenvalue weighted by Crippen LogP contribution is -2.21. The summed E-state index contributed by atoms with van der Waals surface area (Å²) < 4.78 is 3.33. The third-order valence-corrected chi connectivity index (χ3v) is 3.02. The van der Waals surface area contributed by atoms with Crippen molar-refractivity contribution in [3.05, 3.63) is 64.7 Å². The van der Waals surface area contributed by atoms with Gasteiger partial charge in [0.1, 0.15) is 0 Å². The van der Waals surface area contributed by atoms with Crippen molar-refractivity contribution in [1.82, 2.24) is 9.13 Å². The third kappa shape index (κ3) is 1.92. The molecule has 18 heavy (non-hydrogen) atoms. The number of rotatable bonds is 2. The second kappa shape index (κ2) is 4.69. The molecule has 0 saturated carbocycles. The maximum absolute atomic E-state index is 12.2. The quantitative estimate of drug-likeness (QED) is 0.792. The predicted molar refractivity (Wildman–Crippen MR) is 73.9 cm³/mol. The number of aromatic nitrogens is 2. The molecule has 2 radical (unpaired) electrons. The highest BCUT2D eigenvalue weighted by atomic mass is 16.1. The fourth-order valence-electron chi connectivity index (χ4n) is 2.07. The number of nitrogens with zero attached hydrogens (tertiary/aromatic N) is 2. The van der Waals surface area contributed by atoms with Crippen molar-refractivity contribution in [2.75, 3.05) is 0 Å². The van der Waals surface area contributed by atoms with Crippen LogP contribution in [-0.2, 0) is 7.05 Å². The molecular weight excluding hydrogens is 224 g/mol. The molecule has 2 aromatic rings. The highest BCUT2D eigenvalue weighted by molar-refractivity contribution is 5.50. The fraction of sp³-hybridized carbons (Fsp3) is 0.200. The molecule has 0 spiro atoms. The van der Waals surface area contributed by atoms with E-state index in [0.29, 0.717) is 5.56 Å². The molecular formula is C15H16N2O. The molecule has 0 fully saturated rings. The lowest BCUT2D eigenvalue weighted by molar-refractivity contribution is 0.816. The summed E-state index contributed by atoms with van der Waals surface area (Å²) in [6.07, 6.45) is 3.86. The molecule has 3 heteroatoms. The van der Waals surface area contributed by atoms with E-state index in [0.717, 1.165) is 17.1 Å². The van der Waals surface area contributed by atoms with Crippen LogP contribution in [0.25, 0.3) is 11.8 Å². The zero-order valence-electron chi connectivity index (χ0n) is 10.8. The highest BCUT2D eigenvalue weighted by Gasteiger charge is 2.13. The molecule has 1 aromatic heterocycles. The van der Waals surface area contributed by atoms with E-state index in [1.807, 2.05) is 38.1 Å². The van der Waals surface area contributed by atoms with Crippen molar-refractivity contribution in [2.24, 2.45) is 7.05 Å². The SMILES string of the molecule is [CH]c1ccc(-n2c(C)c(/C=C\C)n(C)c2=O)cc1. The molecule has 0 N–H and O–H groups in total. The number of hydrogen-bond donors (Lipinski definition) is 0. The van der Waals surface area contributed by atoms with Gasteiger partial charge in [-0.05, 0) is 44.5 Å². The Balaban J connectivity index is 2.69. The molecule has 0 saturated heterocycles. The molecule has 0 aliphatic carbocycles. The smallest absolute Gasteiger partial charge is 0.295 e. The van der Waals surface area contributed by atoms with Gasteiger partial charge in [0.25, 0.3) is 0 Å². The van der Waals surface area contributed by atoms with Crippen molar-refractivity contribution in [1.29, 1.82) is 0 Å². The summed E-state index contributed by atoms with van der Waals surface area (Å²) in [7, 11) is 1.78. The van der Waals surface area contributed by atoms with E-state index in [2.05, 4.69) is 0 Å². The zero-order chi connectivity index (χ0) is 13.3. The molecule has 1 aromatic carbocycles. The van der Waals surface area contributed by atoms with Crippen molar-refractivity contribution in [3.63, 3.8) is 0 Å². The predicted octanol–water partition coefficient (Wildman–Crippen LogP) is 2.58. The molecule has 0 aliphatic rings. The van der Waals surface area contributed by atoms with Gasteiger partial charge >= 0.3 is 5.69 Å². The minimum atomic E-state index is -0.0506. The Labute approximate surface area is 107 Å². The second-order valence-corrected chi connectivity index (χ2v) is 4.24. The molecule has 3 nitrogen and oxygen atoms in total. The van der Waals surface area contributed by atoms with Crippen molar-refractivity contribution in [3.8, 4) is 5.69 Å². The van der Waals surface area contributed by atoms with E-state index >= 15 is 0 Å². The van der Waals surface area contributed by atoms with Crippen LogP contribution in [0.4, 0.5) is 0 Å². The Hall–Kier alpha value is -2.03. The summed E-state index contributed by atoms with van der Waals surface area (Å²) in [6, 6.07) is 7.29. The molecule has 0 amide bonds. The average molecular weight is 240 g/mol. The molecule has 2 rings (SSSR count). The normalized spacial score (nSPS) is 11.3. The molecule has 1 heterocycles. The van der Waals surface area contributed by atoms with Crippen molar-refractivity contribution in [2.45, 2.75) is 13.8 Å². The third-order valence-electron chi connectivity index (χ3n) is 3.02. The standard InChI is InChI=1S/C15H16N2O/c1-5-6-14-12(3)17(15(18)16(14)4)13-9-7-11(2)8-10-13/h2,5-10H,1,3-4H3/b6-5-. The first-order valence-electron chi connectivity index (χ1n) is 5.83. The van der Waals surface area contributed by atoms with E-state index in [-0.39, 0.29) is 5.69 Å². The van der Waals surface area contributed by atoms with Gasteiger partial charge in [-0.25, -0.2) is 4.79 Å². The largest absolute Gasteiger partial charge is 0.333 e. The Morgan fingerprint density at radius 3 is 2.39 bits per heavy atom. The number of benzene rings is 1. The lowest BCUT2D eigenvalue weighted by Gasteiger charge is -2.04. The van der Waals surface area contributed by atoms with Gasteiger partial charge < -0.3 is 0 Å². The topological polar surface area (TPSA) is 26.9 Å². The van der Waals surface area contributed by atoms with E-state index < -0.39 is 0 Å². The minimum absolute atomic E-state index is 0.0506. The molecule has 0 atom stereocenters. The zero-order valence-corrected chi connectivity index (χ0v) is 10.8.